The Bertz CT molecular complexity index is 1030. The zero-order valence-electron chi connectivity index (χ0n) is 17.5. The fraction of sp³-hybridized carbons (Fsp3) is 0.240. The Balaban J connectivity index is 1.69. The van der Waals surface area contributed by atoms with Crippen LogP contribution in [0, 0.1) is 0 Å². The van der Waals surface area contributed by atoms with Crippen LogP contribution < -0.4 is 10.1 Å². The molecule has 6 heteroatoms. The van der Waals surface area contributed by atoms with E-state index < -0.39 is 23.8 Å². The topological polar surface area (TPSA) is 38.3 Å². The molecule has 31 heavy (non-hydrogen) atoms. The summed E-state index contributed by atoms with van der Waals surface area (Å²) in [5.74, 6) is -0.204. The quantitative estimate of drug-likeness (QED) is 0.492. The highest BCUT2D eigenvalue weighted by Gasteiger charge is 2.34. The number of carbonyl (C=O) groups excluding carboxylic acids is 1. The molecular formula is C25H24F3NO2. The monoisotopic (exact) mass is 427 g/mol. The number of rotatable bonds is 6. The van der Waals surface area contributed by atoms with E-state index >= 15 is 0 Å². The first-order chi connectivity index (χ1) is 14.6. The fourth-order valence-corrected chi connectivity index (χ4v) is 3.30. The number of hydrogen-bond acceptors (Lipinski definition) is 2. The van der Waals surface area contributed by atoms with Crippen molar-refractivity contribution in [2.24, 2.45) is 0 Å². The number of carbonyl (C=O) groups is 1. The molecule has 0 spiro atoms. The third-order valence-electron chi connectivity index (χ3n) is 5.24. The Labute approximate surface area is 179 Å². The molecule has 0 aliphatic carbocycles. The summed E-state index contributed by atoms with van der Waals surface area (Å²) in [6.45, 7) is 5.73. The Morgan fingerprint density at radius 1 is 0.839 bits per heavy atom. The van der Waals surface area contributed by atoms with E-state index in [2.05, 4.69) is 31.3 Å². The standard InChI is InChI=1S/C25H24F3NO2/c1-17(23(30)29-22-12-8-7-11-21(22)25(26,27)28)31-20-15-13-19(14-16-20)24(2,3)18-9-5-4-6-10-18/h4-17H,1-3H3,(H,29,30). The second kappa shape index (κ2) is 8.84. The summed E-state index contributed by atoms with van der Waals surface area (Å²) in [5, 5.41) is 2.31. The molecule has 1 N–H and O–H groups in total. The second-order valence-electron chi connectivity index (χ2n) is 7.81. The van der Waals surface area contributed by atoms with Gasteiger partial charge >= 0.3 is 6.18 Å². The smallest absolute Gasteiger partial charge is 0.418 e. The van der Waals surface area contributed by atoms with Crippen molar-refractivity contribution in [1.29, 1.82) is 0 Å². The van der Waals surface area contributed by atoms with Gasteiger partial charge in [-0.15, -0.1) is 0 Å². The summed E-state index contributed by atoms with van der Waals surface area (Å²) in [4.78, 5) is 12.4. The fourth-order valence-electron chi connectivity index (χ4n) is 3.30. The average molecular weight is 427 g/mol. The number of nitrogens with one attached hydrogen (secondary N) is 1. The molecule has 0 bridgehead atoms. The van der Waals surface area contributed by atoms with Gasteiger partial charge in [0.25, 0.3) is 5.91 Å². The van der Waals surface area contributed by atoms with E-state index in [0.717, 1.165) is 11.6 Å². The van der Waals surface area contributed by atoms with E-state index in [9.17, 15) is 18.0 Å². The van der Waals surface area contributed by atoms with Crippen LogP contribution in [0.25, 0.3) is 0 Å². The maximum absolute atomic E-state index is 13.1. The Hall–Kier alpha value is -3.28. The lowest BCUT2D eigenvalue weighted by Gasteiger charge is -2.26. The van der Waals surface area contributed by atoms with Crippen LogP contribution in [0.1, 0.15) is 37.5 Å². The van der Waals surface area contributed by atoms with Gasteiger partial charge in [-0.3, -0.25) is 4.79 Å². The molecule has 0 radical (unpaired) electrons. The highest BCUT2D eigenvalue weighted by molar-refractivity contribution is 5.94. The lowest BCUT2D eigenvalue weighted by Crippen LogP contribution is -2.31. The summed E-state index contributed by atoms with van der Waals surface area (Å²) < 4.78 is 45.0. The molecule has 3 rings (SSSR count). The summed E-state index contributed by atoms with van der Waals surface area (Å²) in [5.41, 5.74) is 0.824. The highest BCUT2D eigenvalue weighted by atomic mass is 19.4. The lowest BCUT2D eigenvalue weighted by atomic mass is 9.78. The normalized spacial score (nSPS) is 12.8. The molecule has 0 aliphatic rings. The van der Waals surface area contributed by atoms with E-state index in [-0.39, 0.29) is 11.1 Å². The summed E-state index contributed by atoms with van der Waals surface area (Å²) >= 11 is 0. The average Bonchev–Trinajstić information content (AvgIpc) is 2.74. The second-order valence-corrected chi connectivity index (χ2v) is 7.81. The first-order valence-electron chi connectivity index (χ1n) is 9.89. The maximum Gasteiger partial charge on any atom is 0.418 e. The largest absolute Gasteiger partial charge is 0.481 e. The molecule has 1 atom stereocenters. The van der Waals surface area contributed by atoms with E-state index in [1.165, 1.54) is 30.7 Å². The van der Waals surface area contributed by atoms with Crippen LogP contribution in [0.5, 0.6) is 5.75 Å². The van der Waals surface area contributed by atoms with Crippen molar-refractivity contribution in [3.8, 4) is 5.75 Å². The molecule has 162 valence electrons. The van der Waals surface area contributed by atoms with Crippen LogP contribution in [-0.2, 0) is 16.4 Å². The van der Waals surface area contributed by atoms with Gasteiger partial charge in [-0.05, 0) is 42.3 Å². The van der Waals surface area contributed by atoms with Crippen LogP contribution in [-0.4, -0.2) is 12.0 Å². The molecule has 1 unspecified atom stereocenters. The number of ether oxygens (including phenoxy) is 1. The number of anilines is 1. The van der Waals surface area contributed by atoms with E-state index in [1.807, 2.05) is 30.3 Å². The predicted molar refractivity (Wildman–Crippen MR) is 115 cm³/mol. The lowest BCUT2D eigenvalue weighted by molar-refractivity contribution is -0.137. The predicted octanol–water partition coefficient (Wildman–Crippen LogP) is 6.44. The summed E-state index contributed by atoms with van der Waals surface area (Å²) in [6, 6.07) is 22.3. The highest BCUT2D eigenvalue weighted by Crippen LogP contribution is 2.35. The van der Waals surface area contributed by atoms with Gasteiger partial charge in [-0.2, -0.15) is 13.2 Å². The van der Waals surface area contributed by atoms with Gasteiger partial charge in [-0.25, -0.2) is 0 Å². The third kappa shape index (κ3) is 5.26. The number of para-hydroxylation sites is 1. The van der Waals surface area contributed by atoms with Crippen molar-refractivity contribution in [2.45, 2.75) is 38.5 Å². The van der Waals surface area contributed by atoms with Crippen molar-refractivity contribution < 1.29 is 22.7 Å². The molecule has 0 fully saturated rings. The van der Waals surface area contributed by atoms with Gasteiger partial charge < -0.3 is 10.1 Å². The molecule has 0 heterocycles. The van der Waals surface area contributed by atoms with Crippen LogP contribution in [0.2, 0.25) is 0 Å². The van der Waals surface area contributed by atoms with Crippen LogP contribution in [0.15, 0.2) is 78.9 Å². The zero-order chi connectivity index (χ0) is 22.6. The summed E-state index contributed by atoms with van der Waals surface area (Å²) in [6.07, 6.45) is -5.54. The third-order valence-corrected chi connectivity index (χ3v) is 5.24. The van der Waals surface area contributed by atoms with Gasteiger partial charge in [0.2, 0.25) is 0 Å². The Kier molecular flexibility index (Phi) is 6.39. The van der Waals surface area contributed by atoms with E-state index in [4.69, 9.17) is 4.74 Å². The van der Waals surface area contributed by atoms with Crippen LogP contribution >= 0.6 is 0 Å². The minimum atomic E-state index is -4.56. The van der Waals surface area contributed by atoms with Crippen LogP contribution in [0.3, 0.4) is 0 Å². The van der Waals surface area contributed by atoms with Crippen molar-refractivity contribution in [3.05, 3.63) is 95.6 Å². The Morgan fingerprint density at radius 2 is 1.39 bits per heavy atom. The molecule has 3 aromatic carbocycles. The van der Waals surface area contributed by atoms with Crippen molar-refractivity contribution in [1.82, 2.24) is 0 Å². The van der Waals surface area contributed by atoms with Gasteiger partial charge in [-0.1, -0.05) is 68.4 Å². The van der Waals surface area contributed by atoms with E-state index in [1.54, 1.807) is 12.1 Å². The van der Waals surface area contributed by atoms with Crippen molar-refractivity contribution >= 4 is 11.6 Å². The first kappa shape index (κ1) is 22.4. The Morgan fingerprint density at radius 3 is 2.00 bits per heavy atom. The number of hydrogen-bond donors (Lipinski definition) is 1. The number of alkyl halides is 3. The van der Waals surface area contributed by atoms with Crippen molar-refractivity contribution in [3.63, 3.8) is 0 Å². The van der Waals surface area contributed by atoms with Gasteiger partial charge in [0.1, 0.15) is 5.75 Å². The number of halogens is 3. The van der Waals surface area contributed by atoms with Gasteiger partial charge in [0.05, 0.1) is 11.3 Å². The minimum Gasteiger partial charge on any atom is -0.481 e. The number of amides is 1. The molecule has 0 aromatic heterocycles. The number of benzene rings is 3. The maximum atomic E-state index is 13.1. The molecule has 0 saturated carbocycles. The summed E-state index contributed by atoms with van der Waals surface area (Å²) in [7, 11) is 0. The molecule has 3 aromatic rings. The van der Waals surface area contributed by atoms with Crippen LogP contribution in [0.4, 0.5) is 18.9 Å². The van der Waals surface area contributed by atoms with E-state index in [0.29, 0.717) is 5.75 Å². The minimum absolute atomic E-state index is 0.218. The van der Waals surface area contributed by atoms with Gasteiger partial charge in [0.15, 0.2) is 6.10 Å². The molecule has 1 amide bonds. The van der Waals surface area contributed by atoms with Crippen molar-refractivity contribution in [2.75, 3.05) is 5.32 Å². The molecule has 0 saturated heterocycles. The zero-order valence-corrected chi connectivity index (χ0v) is 17.5. The van der Waals surface area contributed by atoms with Gasteiger partial charge in [0, 0.05) is 5.41 Å². The molecule has 0 aliphatic heterocycles. The first-order valence-corrected chi connectivity index (χ1v) is 9.89. The molecular weight excluding hydrogens is 403 g/mol. The molecule has 3 nitrogen and oxygen atoms in total. The SMILES string of the molecule is CC(Oc1ccc(C(C)(C)c2ccccc2)cc1)C(=O)Nc1ccccc1C(F)(F)F.